The molecule has 2 aromatic rings. The van der Waals surface area contributed by atoms with E-state index in [1.54, 1.807) is 11.3 Å². The maximum Gasteiger partial charge on any atom is 0.0314 e. The van der Waals surface area contributed by atoms with E-state index in [1.807, 2.05) is 0 Å². The molecule has 0 nitrogen and oxygen atoms in total. The smallest absolute Gasteiger partial charge is 0.0314 e. The SMILES string of the molecule is Cc1ccc(C(CCl)Cc2sccc2Br)cc1. The van der Waals surface area contributed by atoms with Gasteiger partial charge in [0.25, 0.3) is 0 Å². The number of aryl methyl sites for hydroxylation is 1. The Kier molecular flexibility index (Phi) is 4.66. The molecular weight excluding hydrogens is 316 g/mol. The molecule has 1 atom stereocenters. The van der Waals surface area contributed by atoms with Crippen LogP contribution < -0.4 is 0 Å². The van der Waals surface area contributed by atoms with E-state index in [0.29, 0.717) is 11.8 Å². The van der Waals surface area contributed by atoms with Crippen LogP contribution in [0.2, 0.25) is 0 Å². The molecule has 0 spiro atoms. The zero-order valence-corrected chi connectivity index (χ0v) is 12.8. The van der Waals surface area contributed by atoms with Crippen molar-refractivity contribution in [1.82, 2.24) is 0 Å². The van der Waals surface area contributed by atoms with Crippen molar-refractivity contribution in [2.24, 2.45) is 0 Å². The van der Waals surface area contributed by atoms with Crippen LogP contribution in [-0.4, -0.2) is 5.88 Å². The predicted molar refractivity (Wildman–Crippen MR) is 80.4 cm³/mol. The summed E-state index contributed by atoms with van der Waals surface area (Å²) in [5.74, 6) is 1.06. The van der Waals surface area contributed by atoms with Crippen molar-refractivity contribution in [3.8, 4) is 0 Å². The van der Waals surface area contributed by atoms with Gasteiger partial charge in [0.15, 0.2) is 0 Å². The molecule has 90 valence electrons. The quantitative estimate of drug-likeness (QED) is 0.660. The second kappa shape index (κ2) is 6.03. The van der Waals surface area contributed by atoms with Crippen molar-refractivity contribution in [3.05, 3.63) is 56.2 Å². The van der Waals surface area contributed by atoms with Crippen molar-refractivity contribution in [3.63, 3.8) is 0 Å². The number of halogens is 2. The largest absolute Gasteiger partial charge is 0.148 e. The van der Waals surface area contributed by atoms with Crippen LogP contribution in [0.1, 0.15) is 21.9 Å². The highest BCUT2D eigenvalue weighted by molar-refractivity contribution is 9.10. The van der Waals surface area contributed by atoms with Gasteiger partial charge in [-0.1, -0.05) is 29.8 Å². The second-order valence-electron chi connectivity index (χ2n) is 4.16. The van der Waals surface area contributed by atoms with E-state index in [9.17, 15) is 0 Å². The van der Waals surface area contributed by atoms with Gasteiger partial charge in [0.05, 0.1) is 0 Å². The Morgan fingerprint density at radius 3 is 2.47 bits per heavy atom. The Morgan fingerprint density at radius 1 is 1.24 bits per heavy atom. The molecule has 0 aliphatic heterocycles. The first-order chi connectivity index (χ1) is 8.20. The molecule has 1 unspecified atom stereocenters. The van der Waals surface area contributed by atoms with Crippen molar-refractivity contribution in [1.29, 1.82) is 0 Å². The van der Waals surface area contributed by atoms with Gasteiger partial charge in [0.1, 0.15) is 0 Å². The first-order valence-electron chi connectivity index (χ1n) is 5.55. The van der Waals surface area contributed by atoms with Gasteiger partial charge in [-0.25, -0.2) is 0 Å². The summed E-state index contributed by atoms with van der Waals surface area (Å²) in [6.45, 7) is 2.11. The summed E-state index contributed by atoms with van der Waals surface area (Å²) in [6, 6.07) is 10.8. The second-order valence-corrected chi connectivity index (χ2v) is 6.32. The third kappa shape index (κ3) is 3.34. The van der Waals surface area contributed by atoms with Crippen molar-refractivity contribution < 1.29 is 0 Å². The van der Waals surface area contributed by atoms with Gasteiger partial charge in [0.2, 0.25) is 0 Å². The van der Waals surface area contributed by atoms with Gasteiger partial charge in [-0.3, -0.25) is 0 Å². The summed E-state index contributed by atoms with van der Waals surface area (Å²) in [6.07, 6.45) is 1.00. The molecule has 0 aliphatic carbocycles. The van der Waals surface area contributed by atoms with Crippen LogP contribution in [0.3, 0.4) is 0 Å². The van der Waals surface area contributed by atoms with Gasteiger partial charge in [-0.2, -0.15) is 0 Å². The van der Waals surface area contributed by atoms with Gasteiger partial charge in [-0.05, 0) is 46.3 Å². The summed E-state index contributed by atoms with van der Waals surface area (Å²) in [4.78, 5) is 1.37. The Hall–Kier alpha value is -0.310. The summed E-state index contributed by atoms with van der Waals surface area (Å²) in [5.41, 5.74) is 2.62. The molecule has 1 aromatic heterocycles. The molecule has 17 heavy (non-hydrogen) atoms. The van der Waals surface area contributed by atoms with E-state index < -0.39 is 0 Å². The average molecular weight is 330 g/mol. The van der Waals surface area contributed by atoms with Crippen LogP contribution >= 0.6 is 38.9 Å². The van der Waals surface area contributed by atoms with Crippen molar-refractivity contribution in [2.75, 3.05) is 5.88 Å². The summed E-state index contributed by atoms with van der Waals surface area (Å²) >= 11 is 11.5. The maximum atomic E-state index is 6.10. The Balaban J connectivity index is 2.17. The minimum atomic E-state index is 0.396. The maximum absolute atomic E-state index is 6.10. The number of hydrogen-bond donors (Lipinski definition) is 0. The lowest BCUT2D eigenvalue weighted by Gasteiger charge is -2.14. The highest BCUT2D eigenvalue weighted by Crippen LogP contribution is 2.30. The van der Waals surface area contributed by atoms with Gasteiger partial charge >= 0.3 is 0 Å². The van der Waals surface area contributed by atoms with Gasteiger partial charge in [0, 0.05) is 21.1 Å². The molecule has 3 heteroatoms. The van der Waals surface area contributed by atoms with E-state index in [-0.39, 0.29) is 0 Å². The van der Waals surface area contributed by atoms with Crippen LogP contribution in [0.4, 0.5) is 0 Å². The molecule has 0 aliphatic rings. The summed E-state index contributed by atoms with van der Waals surface area (Å²) in [7, 11) is 0. The molecule has 0 radical (unpaired) electrons. The predicted octanol–water partition coefficient (Wildman–Crippen LogP) is 5.38. The van der Waals surface area contributed by atoms with Crippen molar-refractivity contribution in [2.45, 2.75) is 19.3 Å². The first kappa shape index (κ1) is 13.1. The minimum Gasteiger partial charge on any atom is -0.148 e. The van der Waals surface area contributed by atoms with Crippen LogP contribution in [0.15, 0.2) is 40.2 Å². The number of thiophene rings is 1. The van der Waals surface area contributed by atoms with Crippen LogP contribution in [0, 0.1) is 6.92 Å². The molecular formula is C14H14BrClS. The lowest BCUT2D eigenvalue weighted by atomic mass is 9.96. The zero-order valence-electron chi connectivity index (χ0n) is 9.62. The topological polar surface area (TPSA) is 0 Å². The van der Waals surface area contributed by atoms with Gasteiger partial charge < -0.3 is 0 Å². The Morgan fingerprint density at radius 2 is 1.94 bits per heavy atom. The van der Waals surface area contributed by atoms with Crippen LogP contribution in [-0.2, 0) is 6.42 Å². The van der Waals surface area contributed by atoms with E-state index in [1.165, 1.54) is 20.5 Å². The fourth-order valence-corrected chi connectivity index (χ4v) is 3.68. The lowest BCUT2D eigenvalue weighted by molar-refractivity contribution is 0.774. The fourth-order valence-electron chi connectivity index (χ4n) is 1.79. The normalized spacial score (nSPS) is 12.6. The molecule has 0 bridgehead atoms. The number of benzene rings is 1. The molecule has 0 fully saturated rings. The number of alkyl halides is 1. The molecule has 1 heterocycles. The molecule has 2 rings (SSSR count). The Labute approximate surface area is 120 Å². The highest BCUT2D eigenvalue weighted by atomic mass is 79.9. The Bertz CT molecular complexity index is 475. The molecule has 1 aromatic carbocycles. The van der Waals surface area contributed by atoms with Crippen LogP contribution in [0.25, 0.3) is 0 Å². The fraction of sp³-hybridized carbons (Fsp3) is 0.286. The van der Waals surface area contributed by atoms with E-state index in [4.69, 9.17) is 11.6 Å². The lowest BCUT2D eigenvalue weighted by Crippen LogP contribution is -2.04. The average Bonchev–Trinajstić information content (AvgIpc) is 2.73. The standard InChI is InChI=1S/C14H14BrClS/c1-10-2-4-11(5-3-10)12(9-16)8-14-13(15)6-7-17-14/h2-7,12H,8-9H2,1H3. The number of rotatable bonds is 4. The molecule has 0 N–H and O–H groups in total. The zero-order chi connectivity index (χ0) is 12.3. The molecule has 0 saturated heterocycles. The summed E-state index contributed by atoms with van der Waals surface area (Å²) in [5, 5.41) is 2.11. The molecule has 0 saturated carbocycles. The van der Waals surface area contributed by atoms with E-state index in [0.717, 1.165) is 6.42 Å². The van der Waals surface area contributed by atoms with E-state index >= 15 is 0 Å². The van der Waals surface area contributed by atoms with Crippen molar-refractivity contribution >= 4 is 38.9 Å². The number of hydrogen-bond acceptors (Lipinski definition) is 1. The van der Waals surface area contributed by atoms with E-state index in [2.05, 4.69) is 58.6 Å². The van der Waals surface area contributed by atoms with Gasteiger partial charge in [-0.15, -0.1) is 22.9 Å². The monoisotopic (exact) mass is 328 g/mol. The minimum absolute atomic E-state index is 0.396. The first-order valence-corrected chi connectivity index (χ1v) is 7.76. The molecule has 0 amide bonds. The summed E-state index contributed by atoms with van der Waals surface area (Å²) < 4.78 is 1.20. The van der Waals surface area contributed by atoms with Crippen LogP contribution in [0.5, 0.6) is 0 Å². The highest BCUT2D eigenvalue weighted by Gasteiger charge is 2.13. The third-order valence-corrected chi connectivity index (χ3v) is 5.18. The third-order valence-electron chi connectivity index (χ3n) is 2.86.